The maximum Gasteiger partial charge on any atom is 0.248 e. The Morgan fingerprint density at radius 1 is 1.46 bits per heavy atom. The summed E-state index contributed by atoms with van der Waals surface area (Å²) < 4.78 is 0. The number of phenolic OH excluding ortho intramolecular Hbond substituents is 2. The Bertz CT molecular complexity index is 407. The molecule has 0 bridgehead atoms. The van der Waals surface area contributed by atoms with Gasteiger partial charge in [0.25, 0.3) is 0 Å². The van der Waals surface area contributed by atoms with Crippen molar-refractivity contribution in [3.63, 3.8) is 0 Å². The van der Waals surface area contributed by atoms with E-state index in [1.807, 2.05) is 0 Å². The highest BCUT2D eigenvalue weighted by Gasteiger charge is 2.11. The third-order valence-electron chi connectivity index (χ3n) is 1.49. The molecule has 4 N–H and O–H groups in total. The van der Waals surface area contributed by atoms with Gasteiger partial charge in [0.2, 0.25) is 5.91 Å². The van der Waals surface area contributed by atoms with Crippen LogP contribution in [0.5, 0.6) is 11.5 Å². The molecule has 5 nitrogen and oxygen atoms in total. The predicted molar refractivity (Wildman–Crippen MR) is 43.0 cm³/mol. The van der Waals surface area contributed by atoms with Crippen molar-refractivity contribution in [1.82, 2.24) is 0 Å². The third kappa shape index (κ3) is 1.51. The predicted octanol–water partition coefficient (Wildman–Crippen LogP) is 0.0684. The zero-order valence-electron chi connectivity index (χ0n) is 6.48. The van der Waals surface area contributed by atoms with Crippen molar-refractivity contribution >= 4 is 5.91 Å². The number of nitrogens with two attached hydrogens (primary N) is 1. The average molecular weight is 178 g/mol. The fourth-order valence-corrected chi connectivity index (χ4v) is 0.847. The Hall–Kier alpha value is -2.22. The fraction of sp³-hybridized carbons (Fsp3) is 0. The number of amides is 1. The Morgan fingerprint density at radius 3 is 2.54 bits per heavy atom. The molecule has 0 aliphatic rings. The number of carbonyl (C=O) groups excluding carboxylic acids is 1. The van der Waals surface area contributed by atoms with E-state index in [1.54, 1.807) is 6.07 Å². The van der Waals surface area contributed by atoms with Crippen molar-refractivity contribution in [3.8, 4) is 17.6 Å². The minimum Gasteiger partial charge on any atom is -0.504 e. The van der Waals surface area contributed by atoms with Crippen LogP contribution in [0.4, 0.5) is 0 Å². The van der Waals surface area contributed by atoms with Crippen LogP contribution in [-0.4, -0.2) is 16.1 Å². The van der Waals surface area contributed by atoms with Crippen LogP contribution in [0.25, 0.3) is 0 Å². The molecular weight excluding hydrogens is 172 g/mol. The molecular formula is C8H6N2O3. The minimum absolute atomic E-state index is 0.0214. The summed E-state index contributed by atoms with van der Waals surface area (Å²) in [7, 11) is 0. The highest BCUT2D eigenvalue weighted by atomic mass is 16.3. The summed E-state index contributed by atoms with van der Waals surface area (Å²) in [4.78, 5) is 10.7. The molecule has 0 fully saturated rings. The van der Waals surface area contributed by atoms with Gasteiger partial charge in [0.05, 0.1) is 5.56 Å². The van der Waals surface area contributed by atoms with E-state index in [-0.39, 0.29) is 11.1 Å². The van der Waals surface area contributed by atoms with Gasteiger partial charge in [-0.15, -0.1) is 0 Å². The second-order valence-electron chi connectivity index (χ2n) is 2.37. The Kier molecular flexibility index (Phi) is 2.07. The molecule has 0 unspecified atom stereocenters. The maximum atomic E-state index is 10.7. The van der Waals surface area contributed by atoms with Gasteiger partial charge in [0.1, 0.15) is 6.07 Å². The quantitative estimate of drug-likeness (QED) is 0.528. The molecule has 0 saturated carbocycles. The largest absolute Gasteiger partial charge is 0.504 e. The van der Waals surface area contributed by atoms with Crippen LogP contribution in [0, 0.1) is 11.3 Å². The normalized spacial score (nSPS) is 9.15. The van der Waals surface area contributed by atoms with Gasteiger partial charge in [-0.05, 0) is 12.1 Å². The number of primary amides is 1. The molecule has 0 atom stereocenters. The van der Waals surface area contributed by atoms with Crippen LogP contribution in [0.3, 0.4) is 0 Å². The van der Waals surface area contributed by atoms with Gasteiger partial charge in [-0.25, -0.2) is 0 Å². The lowest BCUT2D eigenvalue weighted by Gasteiger charge is -2.01. The molecule has 0 aromatic heterocycles. The summed E-state index contributed by atoms with van der Waals surface area (Å²) in [6, 6.07) is 3.72. The molecule has 1 aromatic rings. The first-order valence-electron chi connectivity index (χ1n) is 3.32. The Morgan fingerprint density at radius 2 is 2.08 bits per heavy atom. The lowest BCUT2D eigenvalue weighted by molar-refractivity contribution is 0.1000. The molecule has 1 amide bonds. The Labute approximate surface area is 73.6 Å². The van der Waals surface area contributed by atoms with E-state index in [4.69, 9.17) is 21.2 Å². The van der Waals surface area contributed by atoms with Crippen LogP contribution in [0.15, 0.2) is 12.1 Å². The lowest BCUT2D eigenvalue weighted by atomic mass is 10.1. The van der Waals surface area contributed by atoms with E-state index in [2.05, 4.69) is 0 Å². The maximum absolute atomic E-state index is 10.7. The van der Waals surface area contributed by atoms with Crippen LogP contribution in [-0.2, 0) is 0 Å². The van der Waals surface area contributed by atoms with Gasteiger partial charge in [-0.2, -0.15) is 5.26 Å². The average Bonchev–Trinajstić information content (AvgIpc) is 2.09. The molecule has 0 spiro atoms. The molecule has 5 heteroatoms. The SMILES string of the molecule is N#Cc1cc(C(N)=O)cc(O)c1O. The van der Waals surface area contributed by atoms with Crippen molar-refractivity contribution in [3.05, 3.63) is 23.3 Å². The molecule has 0 heterocycles. The highest BCUT2D eigenvalue weighted by Crippen LogP contribution is 2.29. The summed E-state index contributed by atoms with van der Waals surface area (Å²) in [5.74, 6) is -1.85. The number of hydrogen-bond donors (Lipinski definition) is 3. The number of phenols is 2. The van der Waals surface area contributed by atoms with Gasteiger partial charge >= 0.3 is 0 Å². The van der Waals surface area contributed by atoms with Crippen molar-refractivity contribution in [2.75, 3.05) is 0 Å². The van der Waals surface area contributed by atoms with E-state index in [9.17, 15) is 4.79 Å². The molecule has 1 aromatic carbocycles. The summed E-state index contributed by atoms with van der Waals surface area (Å²) in [6.45, 7) is 0. The van der Waals surface area contributed by atoms with Gasteiger partial charge in [-0.3, -0.25) is 4.79 Å². The van der Waals surface area contributed by atoms with E-state index in [1.165, 1.54) is 0 Å². The molecule has 13 heavy (non-hydrogen) atoms. The summed E-state index contributed by atoms with van der Waals surface area (Å²) in [5.41, 5.74) is 4.71. The molecule has 66 valence electrons. The first-order chi connectivity index (χ1) is 6.06. The molecule has 0 aliphatic carbocycles. The topological polar surface area (TPSA) is 107 Å². The van der Waals surface area contributed by atoms with Crippen LogP contribution < -0.4 is 5.73 Å². The first kappa shape index (κ1) is 8.87. The summed E-state index contributed by atoms with van der Waals surface area (Å²) in [5, 5.41) is 26.6. The smallest absolute Gasteiger partial charge is 0.248 e. The van der Waals surface area contributed by atoms with Gasteiger partial charge in [0, 0.05) is 5.56 Å². The fourth-order valence-electron chi connectivity index (χ4n) is 0.847. The second-order valence-corrected chi connectivity index (χ2v) is 2.37. The monoisotopic (exact) mass is 178 g/mol. The van der Waals surface area contributed by atoms with Crippen molar-refractivity contribution in [1.29, 1.82) is 5.26 Å². The number of carbonyl (C=O) groups is 1. The van der Waals surface area contributed by atoms with E-state index in [0.29, 0.717) is 0 Å². The van der Waals surface area contributed by atoms with Crippen molar-refractivity contribution in [2.45, 2.75) is 0 Å². The number of hydrogen-bond acceptors (Lipinski definition) is 4. The summed E-state index contributed by atoms with van der Waals surface area (Å²) in [6.07, 6.45) is 0. The van der Waals surface area contributed by atoms with Crippen LogP contribution >= 0.6 is 0 Å². The minimum atomic E-state index is -0.771. The number of benzene rings is 1. The van der Waals surface area contributed by atoms with E-state index in [0.717, 1.165) is 12.1 Å². The standard InChI is InChI=1S/C8H6N2O3/c9-3-5-1-4(8(10)13)2-6(11)7(5)12/h1-2,11-12H,(H2,10,13). The molecule has 0 radical (unpaired) electrons. The van der Waals surface area contributed by atoms with E-state index < -0.39 is 17.4 Å². The van der Waals surface area contributed by atoms with Crippen LogP contribution in [0.1, 0.15) is 15.9 Å². The third-order valence-corrected chi connectivity index (χ3v) is 1.49. The first-order valence-corrected chi connectivity index (χ1v) is 3.32. The number of aromatic hydroxyl groups is 2. The number of nitriles is 1. The molecule has 0 aliphatic heterocycles. The zero-order valence-corrected chi connectivity index (χ0v) is 6.48. The summed E-state index contributed by atoms with van der Waals surface area (Å²) >= 11 is 0. The van der Waals surface area contributed by atoms with E-state index >= 15 is 0 Å². The number of rotatable bonds is 1. The van der Waals surface area contributed by atoms with Crippen LogP contribution in [0.2, 0.25) is 0 Å². The van der Waals surface area contributed by atoms with Crippen molar-refractivity contribution in [2.24, 2.45) is 5.73 Å². The Balaban J connectivity index is 3.41. The van der Waals surface area contributed by atoms with Crippen molar-refractivity contribution < 1.29 is 15.0 Å². The van der Waals surface area contributed by atoms with Gasteiger partial charge < -0.3 is 15.9 Å². The molecule has 1 rings (SSSR count). The lowest BCUT2D eigenvalue weighted by Crippen LogP contribution is -2.10. The highest BCUT2D eigenvalue weighted by molar-refractivity contribution is 5.94. The number of nitrogens with zero attached hydrogens (tertiary/aromatic N) is 1. The molecule has 0 saturated heterocycles. The zero-order chi connectivity index (χ0) is 10.0. The second kappa shape index (κ2) is 3.03. The van der Waals surface area contributed by atoms with Gasteiger partial charge in [-0.1, -0.05) is 0 Å². The van der Waals surface area contributed by atoms with Gasteiger partial charge in [0.15, 0.2) is 11.5 Å².